The minimum atomic E-state index is -4.06. The van der Waals surface area contributed by atoms with Crippen molar-refractivity contribution in [2.45, 2.75) is 107 Å². The van der Waals surface area contributed by atoms with Crippen LogP contribution in [0.2, 0.25) is 0 Å². The van der Waals surface area contributed by atoms with E-state index >= 15 is 0 Å². The quantitative estimate of drug-likeness (QED) is 0.0373. The third-order valence-corrected chi connectivity index (χ3v) is 2.33. The van der Waals surface area contributed by atoms with Crippen molar-refractivity contribution in [3.05, 3.63) is 10.4 Å². The molecule has 55 heavy (non-hydrogen) atoms. The number of nitrogens with zero attached hydrogens (tertiary/aromatic N) is 3. The van der Waals surface area contributed by atoms with Gasteiger partial charge in [-0.25, -0.2) is 14.3 Å². The molecule has 0 rings (SSSR count). The normalized spacial score (nSPS) is 8.93. The molecule has 0 saturated carbocycles. The van der Waals surface area contributed by atoms with Gasteiger partial charge in [-0.1, -0.05) is 28.2 Å². The second-order valence-corrected chi connectivity index (χ2v) is 14.7. The van der Waals surface area contributed by atoms with Crippen molar-refractivity contribution in [1.82, 2.24) is 0 Å². The molecule has 0 aliphatic rings. The Balaban J connectivity index is -0.0000000230. The van der Waals surface area contributed by atoms with Gasteiger partial charge in [0.1, 0.15) is 26.4 Å². The van der Waals surface area contributed by atoms with Crippen LogP contribution in [-0.4, -0.2) is 113 Å². The minimum Gasteiger partial charge on any atom is -0.459 e. The van der Waals surface area contributed by atoms with Gasteiger partial charge in [0.15, 0.2) is 0 Å². The third kappa shape index (κ3) is 218. The van der Waals surface area contributed by atoms with Gasteiger partial charge in [0.05, 0.1) is 13.1 Å². The second kappa shape index (κ2) is 65.4. The van der Waals surface area contributed by atoms with Crippen LogP contribution >= 0.6 is 81.0 Å². The van der Waals surface area contributed by atoms with E-state index in [1.54, 1.807) is 62.3 Å². The molecule has 0 unspecified atom stereocenters. The summed E-state index contributed by atoms with van der Waals surface area (Å²) in [6.45, 7) is 23.8. The molecular weight excluding hydrogens is 863 g/mol. The SMILES string of the molecule is C.CC(C)(C)OC(=O)CN.CC(C)(C)OC(=O)CN.CC(C)(C)OC(=O)N=[N+]=[N-].CCN.CCN.CCN.CN.CO.CS(C)(=O)(O)OO.S.S.S.S.S.S. The highest BCUT2D eigenvalue weighted by atomic mass is 32.3. The maximum atomic E-state index is 10.5. The fourth-order valence-electron chi connectivity index (χ4n) is 1.09. The monoisotopic (exact) mass is 951 g/mol. The molecule has 0 spiro atoms. The number of carbonyl (C=O) groups is 3. The van der Waals surface area contributed by atoms with Crippen LogP contribution in [0, 0.1) is 0 Å². The first-order valence-corrected chi connectivity index (χ1v) is 17.0. The van der Waals surface area contributed by atoms with Gasteiger partial charge in [-0.15, -0.1) is 4.33 Å². The molecule has 0 bridgehead atoms. The van der Waals surface area contributed by atoms with Crippen LogP contribution < -0.4 is 34.4 Å². The van der Waals surface area contributed by atoms with Crippen molar-refractivity contribution < 1.29 is 52.1 Å². The molecule has 0 fully saturated rings. The highest BCUT2D eigenvalue weighted by molar-refractivity contribution is 8.09. The molecular formula is C28H89N9O11S7. The molecule has 0 heterocycles. The number of carbonyl (C=O) groups excluding carboxylic acids is 3. The molecule has 0 aliphatic carbocycles. The smallest absolute Gasteiger partial charge is 0.397 e. The van der Waals surface area contributed by atoms with Crippen molar-refractivity contribution in [2.24, 2.45) is 39.5 Å². The molecule has 0 aliphatic heterocycles. The Morgan fingerprint density at radius 1 is 0.636 bits per heavy atom. The Morgan fingerprint density at radius 3 is 0.873 bits per heavy atom. The lowest BCUT2D eigenvalue weighted by atomic mass is 10.2. The van der Waals surface area contributed by atoms with Gasteiger partial charge in [-0.05, 0) is 94.5 Å². The van der Waals surface area contributed by atoms with E-state index in [4.69, 9.17) is 58.6 Å². The first kappa shape index (κ1) is 105. The number of hydrogen-bond acceptors (Lipinski definition) is 16. The first-order valence-electron chi connectivity index (χ1n) is 14.4. The summed E-state index contributed by atoms with van der Waals surface area (Å²) in [5.41, 5.74) is 35.4. The van der Waals surface area contributed by atoms with Crippen molar-refractivity contribution in [2.75, 3.05) is 59.4 Å². The predicted molar refractivity (Wildman–Crippen MR) is 263 cm³/mol. The van der Waals surface area contributed by atoms with Crippen LogP contribution in [0.3, 0.4) is 0 Å². The zero-order valence-corrected chi connectivity index (χ0v) is 42.2. The number of esters is 2. The summed E-state index contributed by atoms with van der Waals surface area (Å²) in [5, 5.41) is 17.4. The summed E-state index contributed by atoms with van der Waals surface area (Å²) in [7, 11) is -1.56. The molecule has 354 valence electrons. The molecule has 0 aromatic carbocycles. The van der Waals surface area contributed by atoms with Crippen LogP contribution in [0.5, 0.6) is 0 Å². The Labute approximate surface area is 375 Å². The predicted octanol–water partition coefficient (Wildman–Crippen LogP) is 3.14. The van der Waals surface area contributed by atoms with Crippen molar-refractivity contribution in [3.8, 4) is 0 Å². The Bertz CT molecular complexity index is 815. The summed E-state index contributed by atoms with van der Waals surface area (Å²) < 4.78 is 36.1. The number of amides is 1. The summed E-state index contributed by atoms with van der Waals surface area (Å²) in [5.74, 6) is -0.718. The van der Waals surface area contributed by atoms with Gasteiger partial charge in [0.25, 0.3) is 0 Å². The highest BCUT2D eigenvalue weighted by Crippen LogP contribution is 2.09. The fourth-order valence-corrected chi connectivity index (χ4v) is 1.09. The summed E-state index contributed by atoms with van der Waals surface area (Å²) in [6, 6.07) is 0. The van der Waals surface area contributed by atoms with Crippen LogP contribution in [0.1, 0.15) is 90.5 Å². The van der Waals surface area contributed by atoms with Crippen LogP contribution in [0.15, 0.2) is 5.11 Å². The van der Waals surface area contributed by atoms with Gasteiger partial charge in [-0.2, -0.15) is 81.0 Å². The second-order valence-electron chi connectivity index (χ2n) is 11.2. The van der Waals surface area contributed by atoms with E-state index in [2.05, 4.69) is 24.8 Å². The topological polar surface area (TPSA) is 371 Å². The maximum Gasteiger partial charge on any atom is 0.397 e. The number of hydrogen-bond donors (Lipinski definition) is 9. The molecule has 0 saturated heterocycles. The van der Waals surface area contributed by atoms with E-state index in [-0.39, 0.29) is 113 Å². The van der Waals surface area contributed by atoms with E-state index in [9.17, 15) is 18.6 Å². The molecule has 0 atom stereocenters. The summed E-state index contributed by atoms with van der Waals surface area (Å²) in [4.78, 5) is 33.6. The van der Waals surface area contributed by atoms with Crippen LogP contribution in [0.4, 0.5) is 4.79 Å². The molecule has 0 radical (unpaired) electrons. The van der Waals surface area contributed by atoms with Crippen molar-refractivity contribution in [3.63, 3.8) is 0 Å². The van der Waals surface area contributed by atoms with Crippen LogP contribution in [0.25, 0.3) is 10.4 Å². The largest absolute Gasteiger partial charge is 0.459 e. The standard InChI is InChI=1S/2C6H13NO2.C5H9N3O2.3C2H7N.C2H8O4S.CH5N.CH4O.CH4.6H2S/c2*1-6(2,3)9-5(8)4-7;1-5(2,3)10-4(9)7-8-6;3*1-2-3;1-7(2,4,5)6-3;2*1-2;;;;;;;/h2*4,7H2,1-3H3;1-3H3;3*2-3H2,1H3;3H,1-2H3,(H,4,5);2H2,1H3;2H,1H3;1H4;6*1H2. The molecule has 1 amide bonds. The van der Waals surface area contributed by atoms with E-state index in [1.807, 2.05) is 20.8 Å². The highest BCUT2D eigenvalue weighted by Gasteiger charge is 2.18. The van der Waals surface area contributed by atoms with Gasteiger partial charge in [0, 0.05) is 29.6 Å². The van der Waals surface area contributed by atoms with E-state index in [1.165, 1.54) is 7.05 Å². The lowest BCUT2D eigenvalue weighted by Gasteiger charge is -2.20. The Kier molecular flexibility index (Phi) is 125. The number of ether oxygens (including phenoxy) is 3. The maximum absolute atomic E-state index is 10.5. The van der Waals surface area contributed by atoms with Crippen molar-refractivity contribution in [1.29, 1.82) is 0 Å². The Morgan fingerprint density at radius 2 is 0.800 bits per heavy atom. The lowest BCUT2D eigenvalue weighted by molar-refractivity contribution is -0.154. The first-order chi connectivity index (χ1) is 21.4. The number of aliphatic hydroxyl groups is 1. The molecule has 27 heteroatoms. The van der Waals surface area contributed by atoms with E-state index in [0.717, 1.165) is 39.3 Å². The van der Waals surface area contributed by atoms with Gasteiger partial charge in [0.2, 0.25) is 0 Å². The third-order valence-electron chi connectivity index (χ3n) is 1.91. The van der Waals surface area contributed by atoms with Gasteiger partial charge < -0.3 is 58.3 Å². The average Bonchev–Trinajstić information content (AvgIpc) is 2.90. The van der Waals surface area contributed by atoms with Gasteiger partial charge >= 0.3 is 18.0 Å². The zero-order valence-electron chi connectivity index (χ0n) is 35.4. The number of azide groups is 1. The lowest BCUT2D eigenvalue weighted by Crippen LogP contribution is -2.29. The van der Waals surface area contributed by atoms with Crippen LogP contribution in [-0.2, 0) is 37.8 Å². The zero-order chi connectivity index (χ0) is 41.5. The van der Waals surface area contributed by atoms with Crippen molar-refractivity contribution >= 4 is 109 Å². The average molecular weight is 953 g/mol. The molecule has 0 aromatic heterocycles. The molecule has 15 N–H and O–H groups in total. The van der Waals surface area contributed by atoms with Gasteiger partial charge in [-0.3, -0.25) is 9.59 Å². The fraction of sp³-hybridized carbons (Fsp3) is 0.893. The number of rotatable bonds is 3. The summed E-state index contributed by atoms with van der Waals surface area (Å²) >= 11 is 0. The minimum absolute atomic E-state index is 0. The molecule has 0 aromatic rings. The molecule has 20 nitrogen and oxygen atoms in total. The summed E-state index contributed by atoms with van der Waals surface area (Å²) in [6.07, 6.45) is 0.906. The Hall–Kier alpha value is -0.430. The number of aliphatic hydroxyl groups excluding tert-OH is 1. The van der Waals surface area contributed by atoms with E-state index < -0.39 is 32.5 Å². The number of nitrogens with two attached hydrogens (primary N) is 6. The van der Waals surface area contributed by atoms with E-state index in [0.29, 0.717) is 0 Å².